The Balaban J connectivity index is 1.76. The van der Waals surface area contributed by atoms with Crippen molar-refractivity contribution >= 4 is 17.5 Å². The van der Waals surface area contributed by atoms with E-state index in [9.17, 15) is 9.59 Å². The standard InChI is InChI=1S/C18H24N2O4/c1-4-23-15-7-5-14(6-8-15)20-17(21)9-16(18(20)22)19-10-12(2)24-13(3)11-19/h5-8,12-13,16H,4,9-11H2,1-3H3/t12-,13-,16-/m0/s1. The second-order valence-corrected chi connectivity index (χ2v) is 6.43. The van der Waals surface area contributed by atoms with E-state index in [-0.39, 0.29) is 30.4 Å². The van der Waals surface area contributed by atoms with Crippen LogP contribution in [0.1, 0.15) is 27.2 Å². The molecule has 0 aromatic heterocycles. The molecule has 0 N–H and O–H groups in total. The Hall–Kier alpha value is -1.92. The van der Waals surface area contributed by atoms with Crippen molar-refractivity contribution in [2.75, 3.05) is 24.6 Å². The molecule has 0 radical (unpaired) electrons. The lowest BCUT2D eigenvalue weighted by Crippen LogP contribution is -2.52. The molecule has 2 heterocycles. The second kappa shape index (κ2) is 6.91. The third-order valence-corrected chi connectivity index (χ3v) is 4.42. The molecule has 1 aromatic rings. The van der Waals surface area contributed by atoms with Gasteiger partial charge in [0.15, 0.2) is 0 Å². The van der Waals surface area contributed by atoms with Crippen LogP contribution in [-0.2, 0) is 14.3 Å². The van der Waals surface area contributed by atoms with Gasteiger partial charge in [-0.3, -0.25) is 14.5 Å². The van der Waals surface area contributed by atoms with Gasteiger partial charge in [-0.1, -0.05) is 0 Å². The lowest BCUT2D eigenvalue weighted by atomic mass is 10.1. The zero-order valence-corrected chi connectivity index (χ0v) is 14.4. The summed E-state index contributed by atoms with van der Waals surface area (Å²) in [5.41, 5.74) is 0.602. The number of rotatable bonds is 4. The highest BCUT2D eigenvalue weighted by Gasteiger charge is 2.44. The summed E-state index contributed by atoms with van der Waals surface area (Å²) < 4.78 is 11.1. The van der Waals surface area contributed by atoms with Crippen LogP contribution < -0.4 is 9.64 Å². The molecule has 24 heavy (non-hydrogen) atoms. The van der Waals surface area contributed by atoms with Crippen LogP contribution in [0.3, 0.4) is 0 Å². The largest absolute Gasteiger partial charge is 0.494 e. The zero-order chi connectivity index (χ0) is 17.3. The van der Waals surface area contributed by atoms with Crippen molar-refractivity contribution in [3.8, 4) is 5.75 Å². The fourth-order valence-electron chi connectivity index (χ4n) is 3.50. The summed E-state index contributed by atoms with van der Waals surface area (Å²) in [6.07, 6.45) is 0.359. The fraction of sp³-hybridized carbons (Fsp3) is 0.556. The first-order valence-electron chi connectivity index (χ1n) is 8.48. The van der Waals surface area contributed by atoms with Crippen LogP contribution in [0.15, 0.2) is 24.3 Å². The van der Waals surface area contributed by atoms with E-state index in [1.165, 1.54) is 4.90 Å². The molecule has 0 unspecified atom stereocenters. The number of morpholine rings is 1. The van der Waals surface area contributed by atoms with E-state index in [0.29, 0.717) is 25.4 Å². The number of ether oxygens (including phenoxy) is 2. The third-order valence-electron chi connectivity index (χ3n) is 4.42. The highest BCUT2D eigenvalue weighted by Crippen LogP contribution is 2.28. The van der Waals surface area contributed by atoms with Crippen molar-refractivity contribution in [3.63, 3.8) is 0 Å². The Labute approximate surface area is 142 Å². The summed E-state index contributed by atoms with van der Waals surface area (Å²) in [6, 6.07) is 6.69. The van der Waals surface area contributed by atoms with E-state index in [0.717, 1.165) is 5.75 Å². The van der Waals surface area contributed by atoms with E-state index < -0.39 is 6.04 Å². The predicted octanol–water partition coefficient (Wildman–Crippen LogP) is 1.83. The summed E-state index contributed by atoms with van der Waals surface area (Å²) in [5.74, 6) is 0.430. The number of hydrogen-bond donors (Lipinski definition) is 0. The number of benzene rings is 1. The normalized spacial score (nSPS) is 28.5. The van der Waals surface area contributed by atoms with Crippen molar-refractivity contribution in [1.29, 1.82) is 0 Å². The molecule has 2 aliphatic heterocycles. The van der Waals surface area contributed by atoms with E-state index in [2.05, 4.69) is 4.90 Å². The minimum atomic E-state index is -0.391. The smallest absolute Gasteiger partial charge is 0.251 e. The summed E-state index contributed by atoms with van der Waals surface area (Å²) in [7, 11) is 0. The topological polar surface area (TPSA) is 59.1 Å². The highest BCUT2D eigenvalue weighted by molar-refractivity contribution is 6.22. The number of carbonyl (C=O) groups excluding carboxylic acids is 2. The first-order valence-corrected chi connectivity index (χ1v) is 8.48. The summed E-state index contributed by atoms with van der Waals surface area (Å²) in [5, 5.41) is 0. The Bertz CT molecular complexity index is 606. The van der Waals surface area contributed by atoms with Crippen LogP contribution in [-0.4, -0.2) is 54.7 Å². The van der Waals surface area contributed by atoms with Crippen molar-refractivity contribution in [2.45, 2.75) is 45.4 Å². The maximum atomic E-state index is 12.8. The molecule has 2 amide bonds. The van der Waals surface area contributed by atoms with Gasteiger partial charge in [-0.25, -0.2) is 4.90 Å². The van der Waals surface area contributed by atoms with Gasteiger partial charge in [0.1, 0.15) is 5.75 Å². The van der Waals surface area contributed by atoms with Gasteiger partial charge >= 0.3 is 0 Å². The molecule has 3 atom stereocenters. The number of hydrogen-bond acceptors (Lipinski definition) is 5. The predicted molar refractivity (Wildman–Crippen MR) is 90.1 cm³/mol. The Morgan fingerprint density at radius 2 is 1.75 bits per heavy atom. The molecule has 130 valence electrons. The SMILES string of the molecule is CCOc1ccc(N2C(=O)C[C@H](N3C[C@H](C)O[C@@H](C)C3)C2=O)cc1. The molecule has 2 saturated heterocycles. The number of carbonyl (C=O) groups is 2. The molecule has 0 aliphatic carbocycles. The van der Waals surface area contributed by atoms with Crippen LogP contribution in [0.5, 0.6) is 5.75 Å². The van der Waals surface area contributed by atoms with Crippen LogP contribution in [0.4, 0.5) is 5.69 Å². The molecule has 1 aromatic carbocycles. The molecule has 0 bridgehead atoms. The Morgan fingerprint density at radius 3 is 2.33 bits per heavy atom. The van der Waals surface area contributed by atoms with Gasteiger partial charge in [0.2, 0.25) is 5.91 Å². The maximum absolute atomic E-state index is 12.8. The molecule has 0 saturated carbocycles. The Kier molecular flexibility index (Phi) is 4.87. The molecule has 2 aliphatic rings. The summed E-state index contributed by atoms with van der Waals surface area (Å²) >= 11 is 0. The van der Waals surface area contributed by atoms with Crippen molar-refractivity contribution in [1.82, 2.24) is 4.90 Å². The number of amides is 2. The first-order chi connectivity index (χ1) is 11.5. The zero-order valence-electron chi connectivity index (χ0n) is 14.4. The van der Waals surface area contributed by atoms with Crippen molar-refractivity contribution in [3.05, 3.63) is 24.3 Å². The Morgan fingerprint density at radius 1 is 1.12 bits per heavy atom. The van der Waals surface area contributed by atoms with Gasteiger partial charge in [-0.15, -0.1) is 0 Å². The molecular formula is C18H24N2O4. The quantitative estimate of drug-likeness (QED) is 0.787. The van der Waals surface area contributed by atoms with Gasteiger partial charge in [0, 0.05) is 13.1 Å². The lowest BCUT2D eigenvalue weighted by Gasteiger charge is -2.37. The lowest BCUT2D eigenvalue weighted by molar-refractivity contribution is -0.127. The molecule has 2 fully saturated rings. The molecule has 0 spiro atoms. The number of nitrogens with zero attached hydrogens (tertiary/aromatic N) is 2. The van der Waals surface area contributed by atoms with Gasteiger partial charge in [-0.05, 0) is 45.0 Å². The monoisotopic (exact) mass is 332 g/mol. The van der Waals surface area contributed by atoms with Crippen LogP contribution in [0.25, 0.3) is 0 Å². The number of anilines is 1. The molecule has 3 rings (SSSR count). The summed E-state index contributed by atoms with van der Waals surface area (Å²) in [4.78, 5) is 28.6. The third kappa shape index (κ3) is 3.30. The van der Waals surface area contributed by atoms with Gasteiger partial charge in [0.25, 0.3) is 5.91 Å². The van der Waals surface area contributed by atoms with Crippen molar-refractivity contribution < 1.29 is 19.1 Å². The highest BCUT2D eigenvalue weighted by atomic mass is 16.5. The van der Waals surface area contributed by atoms with Gasteiger partial charge in [-0.2, -0.15) is 0 Å². The average molecular weight is 332 g/mol. The van der Waals surface area contributed by atoms with E-state index in [4.69, 9.17) is 9.47 Å². The van der Waals surface area contributed by atoms with E-state index in [1.54, 1.807) is 24.3 Å². The second-order valence-electron chi connectivity index (χ2n) is 6.43. The van der Waals surface area contributed by atoms with Gasteiger partial charge in [0.05, 0.1) is 37.0 Å². The van der Waals surface area contributed by atoms with Crippen LogP contribution in [0, 0.1) is 0 Å². The van der Waals surface area contributed by atoms with Gasteiger partial charge < -0.3 is 9.47 Å². The minimum Gasteiger partial charge on any atom is -0.494 e. The molecular weight excluding hydrogens is 308 g/mol. The molecule has 6 nitrogen and oxygen atoms in total. The van der Waals surface area contributed by atoms with Crippen LogP contribution in [0.2, 0.25) is 0 Å². The van der Waals surface area contributed by atoms with Crippen LogP contribution >= 0.6 is 0 Å². The van der Waals surface area contributed by atoms with E-state index >= 15 is 0 Å². The fourth-order valence-corrected chi connectivity index (χ4v) is 3.50. The summed E-state index contributed by atoms with van der Waals surface area (Å²) in [6.45, 7) is 7.82. The van der Waals surface area contributed by atoms with Crippen molar-refractivity contribution in [2.24, 2.45) is 0 Å². The average Bonchev–Trinajstić information content (AvgIpc) is 2.83. The van der Waals surface area contributed by atoms with E-state index in [1.807, 2.05) is 20.8 Å². The number of imide groups is 1. The maximum Gasteiger partial charge on any atom is 0.251 e. The molecule has 6 heteroatoms. The first kappa shape index (κ1) is 16.9. The minimum absolute atomic E-state index is 0.0659.